The third-order valence-electron chi connectivity index (χ3n) is 3.24. The number of fused-ring (bicyclic) bond motifs is 1. The topological polar surface area (TPSA) is 26.3 Å². The molecule has 0 N–H and O–H groups in total. The first-order valence-electron chi connectivity index (χ1n) is 6.47. The van der Waals surface area contributed by atoms with Crippen molar-refractivity contribution in [2.75, 3.05) is 0 Å². The number of rotatable bonds is 1. The van der Waals surface area contributed by atoms with E-state index in [-0.39, 0.29) is 19.3 Å². The van der Waals surface area contributed by atoms with Crippen LogP contribution in [0.5, 0.6) is 0 Å². The van der Waals surface area contributed by atoms with Gasteiger partial charge < -0.3 is 4.74 Å². The van der Waals surface area contributed by atoms with E-state index in [0.29, 0.717) is 10.4 Å². The van der Waals surface area contributed by atoms with Crippen LogP contribution in [-0.2, 0) is 17.6 Å². The third-order valence-corrected chi connectivity index (χ3v) is 4.29. The number of halogens is 3. The van der Waals surface area contributed by atoms with Gasteiger partial charge in [-0.3, -0.25) is 0 Å². The summed E-state index contributed by atoms with van der Waals surface area (Å²) in [5, 5.41) is 1.62. The molecule has 1 aliphatic carbocycles. The molecule has 0 saturated heterocycles. The summed E-state index contributed by atoms with van der Waals surface area (Å²) in [6.07, 6.45) is -3.85. The molecule has 0 amide bonds. The first-order chi connectivity index (χ1) is 9.08. The predicted molar refractivity (Wildman–Crippen MR) is 71.1 cm³/mol. The largest absolute Gasteiger partial charge is 0.456 e. The molecule has 1 aromatic rings. The second kappa shape index (κ2) is 5.06. The highest BCUT2D eigenvalue weighted by Gasteiger charge is 2.42. The number of carbonyl (C=O) groups excluding carboxylic acids is 1. The lowest BCUT2D eigenvalue weighted by atomic mass is 9.87. The highest BCUT2D eigenvalue weighted by atomic mass is 32.1. The highest BCUT2D eigenvalue weighted by Crippen LogP contribution is 2.40. The van der Waals surface area contributed by atoms with Gasteiger partial charge in [-0.1, -0.05) is 0 Å². The SMILES string of the molecule is CC(C)(C)OC(=O)c1csc2c1CCC(C(F)(F)F)C2. The molecule has 2 rings (SSSR count). The van der Waals surface area contributed by atoms with E-state index in [9.17, 15) is 18.0 Å². The molecule has 0 aromatic carbocycles. The van der Waals surface area contributed by atoms with Crippen molar-refractivity contribution in [3.8, 4) is 0 Å². The Kier molecular flexibility index (Phi) is 3.88. The molecule has 0 radical (unpaired) electrons. The molecule has 0 bridgehead atoms. The molecule has 0 fully saturated rings. The number of esters is 1. The standard InChI is InChI=1S/C14H17F3O2S/c1-13(2,3)19-12(18)10-7-20-11-6-8(14(15,16)17)4-5-9(10)11/h7-8H,4-6H2,1-3H3. The van der Waals surface area contributed by atoms with Crippen LogP contribution in [0, 0.1) is 5.92 Å². The maximum absolute atomic E-state index is 12.7. The van der Waals surface area contributed by atoms with Gasteiger partial charge in [0, 0.05) is 10.3 Å². The normalized spacial score (nSPS) is 19.6. The van der Waals surface area contributed by atoms with Gasteiger partial charge in [0.1, 0.15) is 5.60 Å². The van der Waals surface area contributed by atoms with E-state index in [1.807, 2.05) is 0 Å². The lowest BCUT2D eigenvalue weighted by Gasteiger charge is -2.25. The molecule has 1 atom stereocenters. The highest BCUT2D eigenvalue weighted by molar-refractivity contribution is 7.10. The van der Waals surface area contributed by atoms with Crippen LogP contribution in [0.25, 0.3) is 0 Å². The average molecular weight is 306 g/mol. The Hall–Kier alpha value is -1.04. The van der Waals surface area contributed by atoms with Crippen LogP contribution in [0.3, 0.4) is 0 Å². The molecule has 20 heavy (non-hydrogen) atoms. The van der Waals surface area contributed by atoms with Gasteiger partial charge in [0.05, 0.1) is 11.5 Å². The van der Waals surface area contributed by atoms with Crippen molar-refractivity contribution < 1.29 is 22.7 Å². The first kappa shape index (κ1) is 15.4. The predicted octanol–water partition coefficient (Wildman–Crippen LogP) is 4.37. The van der Waals surface area contributed by atoms with E-state index in [1.165, 1.54) is 11.3 Å². The second-order valence-electron chi connectivity index (χ2n) is 6.03. The minimum Gasteiger partial charge on any atom is -0.456 e. The van der Waals surface area contributed by atoms with Gasteiger partial charge in [0.25, 0.3) is 0 Å². The molecule has 6 heteroatoms. The van der Waals surface area contributed by atoms with Crippen molar-refractivity contribution in [2.45, 2.75) is 51.8 Å². The Balaban J connectivity index is 2.18. The second-order valence-corrected chi connectivity index (χ2v) is 7.00. The van der Waals surface area contributed by atoms with Crippen LogP contribution < -0.4 is 0 Å². The van der Waals surface area contributed by atoms with Crippen LogP contribution in [0.2, 0.25) is 0 Å². The number of ether oxygens (including phenoxy) is 1. The minimum absolute atomic E-state index is 0.0215. The fraction of sp³-hybridized carbons (Fsp3) is 0.643. The fourth-order valence-electron chi connectivity index (χ4n) is 2.30. The summed E-state index contributed by atoms with van der Waals surface area (Å²) in [4.78, 5) is 12.7. The number of alkyl halides is 3. The van der Waals surface area contributed by atoms with Crippen molar-refractivity contribution in [2.24, 2.45) is 5.92 Å². The molecule has 0 saturated carbocycles. The Labute approximate surface area is 119 Å². The van der Waals surface area contributed by atoms with Crippen LogP contribution >= 0.6 is 11.3 Å². The zero-order valence-electron chi connectivity index (χ0n) is 11.6. The smallest absolute Gasteiger partial charge is 0.392 e. The van der Waals surface area contributed by atoms with Gasteiger partial charge >= 0.3 is 12.1 Å². The van der Waals surface area contributed by atoms with Crippen molar-refractivity contribution in [3.63, 3.8) is 0 Å². The summed E-state index contributed by atoms with van der Waals surface area (Å²) in [7, 11) is 0. The number of thiophene rings is 1. The van der Waals surface area contributed by atoms with E-state index in [2.05, 4.69) is 0 Å². The van der Waals surface area contributed by atoms with Gasteiger partial charge in [-0.2, -0.15) is 13.2 Å². The molecule has 112 valence electrons. The van der Waals surface area contributed by atoms with Gasteiger partial charge in [-0.15, -0.1) is 11.3 Å². The molecule has 1 aromatic heterocycles. The molecular weight excluding hydrogens is 289 g/mol. The monoisotopic (exact) mass is 306 g/mol. The zero-order chi connectivity index (χ0) is 15.1. The summed E-state index contributed by atoms with van der Waals surface area (Å²) < 4.78 is 43.5. The molecule has 1 unspecified atom stereocenters. The van der Waals surface area contributed by atoms with Gasteiger partial charge in [0.15, 0.2) is 0 Å². The number of hydrogen-bond acceptors (Lipinski definition) is 3. The Morgan fingerprint density at radius 1 is 1.35 bits per heavy atom. The van der Waals surface area contributed by atoms with Gasteiger partial charge in [0.2, 0.25) is 0 Å². The van der Waals surface area contributed by atoms with Crippen LogP contribution in [-0.4, -0.2) is 17.7 Å². The fourth-order valence-corrected chi connectivity index (χ4v) is 3.45. The van der Waals surface area contributed by atoms with Gasteiger partial charge in [-0.05, 0) is 45.6 Å². The molecule has 1 heterocycles. The Bertz CT molecular complexity index is 511. The molecule has 0 spiro atoms. The Morgan fingerprint density at radius 3 is 2.55 bits per heavy atom. The van der Waals surface area contributed by atoms with E-state index < -0.39 is 23.7 Å². The number of hydrogen-bond donors (Lipinski definition) is 0. The molecule has 1 aliphatic rings. The van der Waals surface area contributed by atoms with Crippen LogP contribution in [0.1, 0.15) is 48.0 Å². The first-order valence-corrected chi connectivity index (χ1v) is 7.35. The zero-order valence-corrected chi connectivity index (χ0v) is 12.5. The Morgan fingerprint density at radius 2 is 2.00 bits per heavy atom. The van der Waals surface area contributed by atoms with Crippen LogP contribution in [0.15, 0.2) is 5.38 Å². The maximum atomic E-state index is 12.7. The van der Waals surface area contributed by atoms with Crippen molar-refractivity contribution in [3.05, 3.63) is 21.4 Å². The summed E-state index contributed by atoms with van der Waals surface area (Å²) >= 11 is 1.23. The third kappa shape index (κ3) is 3.34. The minimum atomic E-state index is -4.16. The van der Waals surface area contributed by atoms with E-state index >= 15 is 0 Å². The molecular formula is C14H17F3O2S. The summed E-state index contributed by atoms with van der Waals surface area (Å²) in [5.41, 5.74) is 0.569. The van der Waals surface area contributed by atoms with E-state index in [1.54, 1.807) is 26.2 Å². The summed E-state index contributed by atoms with van der Waals surface area (Å²) in [6.45, 7) is 5.30. The van der Waals surface area contributed by atoms with Crippen LogP contribution in [0.4, 0.5) is 13.2 Å². The van der Waals surface area contributed by atoms with Crippen molar-refractivity contribution in [1.82, 2.24) is 0 Å². The molecule has 2 nitrogen and oxygen atoms in total. The summed E-state index contributed by atoms with van der Waals surface area (Å²) in [6, 6.07) is 0. The number of carbonyl (C=O) groups is 1. The maximum Gasteiger partial charge on any atom is 0.392 e. The molecule has 0 aliphatic heterocycles. The average Bonchev–Trinajstić information content (AvgIpc) is 2.67. The van der Waals surface area contributed by atoms with E-state index in [4.69, 9.17) is 4.74 Å². The lowest BCUT2D eigenvalue weighted by Crippen LogP contribution is -2.29. The van der Waals surface area contributed by atoms with Crippen molar-refractivity contribution in [1.29, 1.82) is 0 Å². The quantitative estimate of drug-likeness (QED) is 0.720. The van der Waals surface area contributed by atoms with E-state index in [0.717, 1.165) is 5.56 Å². The van der Waals surface area contributed by atoms with Gasteiger partial charge in [-0.25, -0.2) is 4.79 Å². The summed E-state index contributed by atoms with van der Waals surface area (Å²) in [5.74, 6) is -1.74. The lowest BCUT2D eigenvalue weighted by molar-refractivity contribution is -0.176. The van der Waals surface area contributed by atoms with Crippen molar-refractivity contribution >= 4 is 17.3 Å².